The molecule has 0 unspecified atom stereocenters. The quantitative estimate of drug-likeness (QED) is 0.285. The Morgan fingerprint density at radius 2 is 1.03 bits per heavy atom. The van der Waals surface area contributed by atoms with Gasteiger partial charge in [0.2, 0.25) is 0 Å². The number of nitrogens with zero attached hydrogens (tertiary/aromatic N) is 3. The number of hydrogen-bond donors (Lipinski definition) is 0. The van der Waals surface area contributed by atoms with E-state index in [0.717, 1.165) is 55.9 Å². The molecule has 3 heteroatoms. The number of aromatic nitrogens is 3. The summed E-state index contributed by atoms with van der Waals surface area (Å²) in [6, 6.07) is 41.3. The van der Waals surface area contributed by atoms with Gasteiger partial charge in [-0.1, -0.05) is 109 Å². The normalized spacial score (nSPS) is 10.9. The second-order valence-corrected chi connectivity index (χ2v) is 8.15. The van der Waals surface area contributed by atoms with Crippen LogP contribution in [0.25, 0.3) is 55.9 Å². The highest BCUT2D eigenvalue weighted by Gasteiger charge is 2.11. The predicted molar refractivity (Wildman–Crippen MR) is 139 cm³/mol. The predicted octanol–water partition coefficient (Wildman–Crippen LogP) is 7.69. The first-order valence-corrected chi connectivity index (χ1v) is 11.3. The second kappa shape index (κ2) is 8.72. The van der Waals surface area contributed by atoms with Gasteiger partial charge in [-0.25, -0.2) is 9.97 Å². The third-order valence-electron chi connectivity index (χ3n) is 5.95. The SMILES string of the molecule is c1ccc(-c2cc(-c3ccc(-c4cccc5cccnc45)cc3)nc(-c3ccccc3)n2)cc1. The molecule has 0 atom stereocenters. The lowest BCUT2D eigenvalue weighted by atomic mass is 9.99. The molecule has 2 heterocycles. The monoisotopic (exact) mass is 435 g/mol. The van der Waals surface area contributed by atoms with Crippen LogP contribution in [0.2, 0.25) is 0 Å². The van der Waals surface area contributed by atoms with E-state index in [1.807, 2.05) is 60.8 Å². The Hall–Kier alpha value is -4.63. The topological polar surface area (TPSA) is 38.7 Å². The van der Waals surface area contributed by atoms with Crippen LogP contribution < -0.4 is 0 Å². The van der Waals surface area contributed by atoms with Gasteiger partial charge in [0.1, 0.15) is 0 Å². The van der Waals surface area contributed by atoms with Crippen molar-refractivity contribution in [2.24, 2.45) is 0 Å². The van der Waals surface area contributed by atoms with Crippen molar-refractivity contribution in [1.29, 1.82) is 0 Å². The summed E-state index contributed by atoms with van der Waals surface area (Å²) >= 11 is 0. The standard InChI is InChI=1S/C31H21N3/c1-3-9-23(10-4-1)28-21-29(34-31(33-28)26-11-5-2-6-12-26)24-18-16-22(17-19-24)27-15-7-13-25-14-8-20-32-30(25)27/h1-21H. The molecule has 0 N–H and O–H groups in total. The Labute approximate surface area is 198 Å². The average Bonchev–Trinajstić information content (AvgIpc) is 2.93. The van der Waals surface area contributed by atoms with Crippen LogP contribution in [0.1, 0.15) is 0 Å². The smallest absolute Gasteiger partial charge is 0.160 e. The zero-order chi connectivity index (χ0) is 22.7. The van der Waals surface area contributed by atoms with Crippen molar-refractivity contribution in [2.45, 2.75) is 0 Å². The van der Waals surface area contributed by atoms with Crippen molar-refractivity contribution >= 4 is 10.9 Å². The molecule has 0 fully saturated rings. The third-order valence-corrected chi connectivity index (χ3v) is 5.95. The van der Waals surface area contributed by atoms with Gasteiger partial charge < -0.3 is 0 Å². The molecule has 0 aliphatic carbocycles. The fourth-order valence-electron chi connectivity index (χ4n) is 4.23. The molecule has 4 aromatic carbocycles. The first-order valence-electron chi connectivity index (χ1n) is 11.3. The van der Waals surface area contributed by atoms with E-state index in [9.17, 15) is 0 Å². The van der Waals surface area contributed by atoms with Crippen LogP contribution in [0.5, 0.6) is 0 Å². The van der Waals surface area contributed by atoms with E-state index in [1.54, 1.807) is 0 Å². The zero-order valence-corrected chi connectivity index (χ0v) is 18.5. The molecular formula is C31H21N3. The number of rotatable bonds is 4. The van der Waals surface area contributed by atoms with E-state index in [4.69, 9.17) is 9.97 Å². The number of hydrogen-bond acceptors (Lipinski definition) is 3. The molecule has 0 radical (unpaired) electrons. The van der Waals surface area contributed by atoms with Gasteiger partial charge in [-0.2, -0.15) is 0 Å². The number of benzene rings is 4. The van der Waals surface area contributed by atoms with Gasteiger partial charge in [0.25, 0.3) is 0 Å². The summed E-state index contributed by atoms with van der Waals surface area (Å²) in [7, 11) is 0. The molecule has 34 heavy (non-hydrogen) atoms. The Morgan fingerprint density at radius 3 is 1.74 bits per heavy atom. The van der Waals surface area contributed by atoms with Gasteiger partial charge in [0.15, 0.2) is 5.82 Å². The second-order valence-electron chi connectivity index (χ2n) is 8.15. The summed E-state index contributed by atoms with van der Waals surface area (Å²) in [6.07, 6.45) is 1.84. The first kappa shape index (κ1) is 20.0. The molecular weight excluding hydrogens is 414 g/mol. The van der Waals surface area contributed by atoms with E-state index in [2.05, 4.69) is 71.7 Å². The highest BCUT2D eigenvalue weighted by molar-refractivity contribution is 5.93. The van der Waals surface area contributed by atoms with Crippen LogP contribution in [-0.4, -0.2) is 15.0 Å². The maximum absolute atomic E-state index is 4.93. The van der Waals surface area contributed by atoms with Gasteiger partial charge in [0, 0.05) is 33.8 Å². The zero-order valence-electron chi connectivity index (χ0n) is 18.5. The van der Waals surface area contributed by atoms with Gasteiger partial charge in [-0.3, -0.25) is 4.98 Å². The van der Waals surface area contributed by atoms with Gasteiger partial charge in [-0.05, 0) is 17.7 Å². The highest BCUT2D eigenvalue weighted by Crippen LogP contribution is 2.31. The molecule has 2 aromatic heterocycles. The first-order chi connectivity index (χ1) is 16.8. The Balaban J connectivity index is 1.45. The summed E-state index contributed by atoms with van der Waals surface area (Å²) in [5, 5.41) is 1.14. The summed E-state index contributed by atoms with van der Waals surface area (Å²) in [4.78, 5) is 14.4. The van der Waals surface area contributed by atoms with E-state index in [0.29, 0.717) is 0 Å². The molecule has 0 aliphatic rings. The van der Waals surface area contributed by atoms with E-state index >= 15 is 0 Å². The van der Waals surface area contributed by atoms with E-state index in [-0.39, 0.29) is 0 Å². The van der Waals surface area contributed by atoms with Crippen LogP contribution in [-0.2, 0) is 0 Å². The minimum Gasteiger partial charge on any atom is -0.256 e. The van der Waals surface area contributed by atoms with Gasteiger partial charge in [0.05, 0.1) is 16.9 Å². The van der Waals surface area contributed by atoms with Crippen molar-refractivity contribution in [2.75, 3.05) is 0 Å². The lowest BCUT2D eigenvalue weighted by Crippen LogP contribution is -1.95. The fourth-order valence-corrected chi connectivity index (χ4v) is 4.23. The Bertz CT molecular complexity index is 1510. The summed E-state index contributed by atoms with van der Waals surface area (Å²) in [5.74, 6) is 0.722. The van der Waals surface area contributed by atoms with Crippen LogP contribution in [0.4, 0.5) is 0 Å². The average molecular weight is 436 g/mol. The fraction of sp³-hybridized carbons (Fsp3) is 0. The minimum atomic E-state index is 0.722. The minimum absolute atomic E-state index is 0.722. The Morgan fingerprint density at radius 1 is 0.441 bits per heavy atom. The molecule has 3 nitrogen and oxygen atoms in total. The van der Waals surface area contributed by atoms with E-state index in [1.165, 1.54) is 0 Å². The molecule has 6 aromatic rings. The van der Waals surface area contributed by atoms with Crippen molar-refractivity contribution in [1.82, 2.24) is 15.0 Å². The molecule has 0 aliphatic heterocycles. The number of para-hydroxylation sites is 1. The van der Waals surface area contributed by atoms with Gasteiger partial charge in [-0.15, -0.1) is 0 Å². The van der Waals surface area contributed by atoms with Gasteiger partial charge >= 0.3 is 0 Å². The van der Waals surface area contributed by atoms with Crippen LogP contribution in [0, 0.1) is 0 Å². The summed E-state index contributed by atoms with van der Waals surface area (Å²) < 4.78 is 0. The molecule has 6 rings (SSSR count). The molecule has 0 saturated heterocycles. The van der Waals surface area contributed by atoms with E-state index < -0.39 is 0 Å². The van der Waals surface area contributed by atoms with Crippen LogP contribution >= 0.6 is 0 Å². The van der Waals surface area contributed by atoms with Crippen molar-refractivity contribution in [3.8, 4) is 45.0 Å². The molecule has 0 saturated carbocycles. The lowest BCUT2D eigenvalue weighted by Gasteiger charge is -2.10. The van der Waals surface area contributed by atoms with Crippen molar-refractivity contribution in [3.05, 3.63) is 128 Å². The molecule has 160 valence electrons. The maximum Gasteiger partial charge on any atom is 0.160 e. The third kappa shape index (κ3) is 3.84. The maximum atomic E-state index is 4.93. The molecule has 0 amide bonds. The van der Waals surface area contributed by atoms with Crippen molar-refractivity contribution in [3.63, 3.8) is 0 Å². The lowest BCUT2D eigenvalue weighted by molar-refractivity contribution is 1.18. The van der Waals surface area contributed by atoms with Crippen molar-refractivity contribution < 1.29 is 0 Å². The molecule has 0 bridgehead atoms. The summed E-state index contributed by atoms with van der Waals surface area (Å²) in [6.45, 7) is 0. The number of fused-ring (bicyclic) bond motifs is 1. The Kier molecular flexibility index (Phi) is 5.13. The van der Waals surface area contributed by atoms with Crippen LogP contribution in [0.15, 0.2) is 128 Å². The highest BCUT2D eigenvalue weighted by atomic mass is 14.9. The van der Waals surface area contributed by atoms with Crippen LogP contribution in [0.3, 0.4) is 0 Å². The largest absolute Gasteiger partial charge is 0.256 e. The molecule has 0 spiro atoms. The number of pyridine rings is 1. The summed E-state index contributed by atoms with van der Waals surface area (Å²) in [5.41, 5.74) is 8.20.